The van der Waals surface area contributed by atoms with E-state index in [1.54, 1.807) is 0 Å². The molecule has 6 aliphatic rings. The van der Waals surface area contributed by atoms with Gasteiger partial charge in [-0.1, -0.05) is 13.8 Å². The van der Waals surface area contributed by atoms with E-state index >= 15 is 0 Å². The van der Waals surface area contributed by atoms with Crippen molar-refractivity contribution < 1.29 is 95.0 Å². The third-order valence-corrected chi connectivity index (χ3v) is 8.93. The summed E-state index contributed by atoms with van der Waals surface area (Å²) in [7, 11) is 0. The number of carbonyl (C=O) groups excluding carboxylic acids is 5. The second-order valence-electron chi connectivity index (χ2n) is 13.6. The first-order valence-corrected chi connectivity index (χ1v) is 18.0. The molecule has 6 rings (SSSR count). The molecule has 0 aliphatic carbocycles. The zero-order valence-corrected chi connectivity index (χ0v) is 30.8. The minimum Gasteiger partial charge on any atom is -0.430 e. The van der Waals surface area contributed by atoms with Gasteiger partial charge in [-0.2, -0.15) is 9.59 Å². The number of hydrogen-bond acceptors (Lipinski definition) is 20. The molecule has 0 aromatic heterocycles. The van der Waals surface area contributed by atoms with E-state index in [0.717, 1.165) is 26.2 Å². The Kier molecular flexibility index (Phi) is 18.6. The molecule has 20 heteroatoms. The number of ether oxygens (including phenoxy) is 15. The zero-order chi connectivity index (χ0) is 38.7. The average Bonchev–Trinajstić information content (AvgIpc) is 4.11. The van der Waals surface area contributed by atoms with Crippen molar-refractivity contribution in [1.82, 2.24) is 0 Å². The summed E-state index contributed by atoms with van der Waals surface area (Å²) in [5.41, 5.74) is -0.630. The van der Waals surface area contributed by atoms with Crippen molar-refractivity contribution in [1.29, 1.82) is 0 Å². The van der Waals surface area contributed by atoms with Gasteiger partial charge in [0.1, 0.15) is 38.1 Å². The van der Waals surface area contributed by atoms with Gasteiger partial charge in [0, 0.05) is 10.8 Å². The average molecular weight is 781 g/mol. The highest BCUT2D eigenvalue weighted by atomic mass is 16.8. The lowest BCUT2D eigenvalue weighted by molar-refractivity contribution is -0.191. The van der Waals surface area contributed by atoms with E-state index in [0.29, 0.717) is 64.4 Å². The van der Waals surface area contributed by atoms with Gasteiger partial charge in [-0.15, -0.1) is 0 Å². The molecule has 0 aromatic rings. The molecule has 0 radical (unpaired) electrons. The van der Waals surface area contributed by atoms with Gasteiger partial charge < -0.3 is 71.1 Å². The van der Waals surface area contributed by atoms with Crippen LogP contribution in [0.2, 0.25) is 0 Å². The molecule has 20 nitrogen and oxygen atoms in total. The summed E-state index contributed by atoms with van der Waals surface area (Å²) < 4.78 is 79.3. The largest absolute Gasteiger partial charge is 0.508 e. The van der Waals surface area contributed by atoms with Crippen molar-refractivity contribution in [3.8, 4) is 0 Å². The fourth-order valence-electron chi connectivity index (χ4n) is 5.14. The molecular formula is C34H52O20. The lowest BCUT2D eigenvalue weighted by Gasteiger charge is -2.32. The summed E-state index contributed by atoms with van der Waals surface area (Å²) in [4.78, 5) is 49.3. The Morgan fingerprint density at radius 2 is 0.685 bits per heavy atom. The molecule has 0 aromatic carbocycles. The third kappa shape index (κ3) is 17.1. The maximum Gasteiger partial charge on any atom is 0.508 e. The van der Waals surface area contributed by atoms with E-state index in [1.165, 1.54) is 0 Å². The van der Waals surface area contributed by atoms with Gasteiger partial charge in [0.15, 0.2) is 18.3 Å². The summed E-state index contributed by atoms with van der Waals surface area (Å²) in [5, 5.41) is 0. The fraction of sp³-hybridized carbons (Fsp3) is 0.882. The summed E-state index contributed by atoms with van der Waals surface area (Å²) in [6.45, 7) is 12.3. The van der Waals surface area contributed by atoms with E-state index in [-0.39, 0.29) is 71.0 Å². The van der Waals surface area contributed by atoms with Crippen LogP contribution in [0.25, 0.3) is 0 Å². The first kappa shape index (κ1) is 43.6. The highest BCUT2D eigenvalue weighted by molar-refractivity contribution is 5.62. The number of cyclic esters (lactones) is 6. The molecular weight excluding hydrogens is 728 g/mol. The van der Waals surface area contributed by atoms with Gasteiger partial charge in [0.25, 0.3) is 0 Å². The Bertz CT molecular complexity index is 1040. The topological polar surface area (TPSA) is 234 Å². The first-order valence-electron chi connectivity index (χ1n) is 18.0. The van der Waals surface area contributed by atoms with Crippen molar-refractivity contribution in [2.24, 2.45) is 10.8 Å². The van der Waals surface area contributed by atoms with E-state index in [9.17, 15) is 14.4 Å². The fourth-order valence-corrected chi connectivity index (χ4v) is 5.14. The van der Waals surface area contributed by atoms with Gasteiger partial charge >= 0.3 is 24.6 Å². The van der Waals surface area contributed by atoms with Crippen LogP contribution in [-0.4, -0.2) is 180 Å². The Morgan fingerprint density at radius 1 is 0.463 bits per heavy atom. The molecule has 6 fully saturated rings. The zero-order valence-electron chi connectivity index (χ0n) is 30.8. The lowest BCUT2D eigenvalue weighted by Crippen LogP contribution is -2.39. The van der Waals surface area contributed by atoms with Gasteiger partial charge in [-0.3, -0.25) is 0 Å². The van der Waals surface area contributed by atoms with Crippen molar-refractivity contribution in [2.75, 3.05) is 119 Å². The number of carbonyl (C=O) groups is 3. The van der Waals surface area contributed by atoms with Crippen LogP contribution in [0.4, 0.5) is 14.4 Å². The molecule has 54 heavy (non-hydrogen) atoms. The summed E-state index contributed by atoms with van der Waals surface area (Å²) in [6.07, 6.45) is -0.776. The van der Waals surface area contributed by atoms with Crippen LogP contribution in [0.15, 0.2) is 0 Å². The Hall–Kier alpha value is -3.17. The summed E-state index contributed by atoms with van der Waals surface area (Å²) >= 11 is 0. The SMILES string of the molecule is CCC(COCC1CO1)(COCC1CO1)COCC1CO1.CCC(COCC1COC(=O)O1)(COCC1COC(=O)O1)COCC1COC(=O)O1.O=C=O. The molecule has 0 bridgehead atoms. The van der Waals surface area contributed by atoms with E-state index < -0.39 is 42.2 Å². The Balaban J connectivity index is 0.000000236. The molecule has 308 valence electrons. The number of epoxide rings is 3. The van der Waals surface area contributed by atoms with E-state index in [2.05, 4.69) is 6.92 Å². The number of hydrogen-bond donors (Lipinski definition) is 0. The van der Waals surface area contributed by atoms with Gasteiger partial charge in [-0.05, 0) is 12.8 Å². The number of rotatable bonds is 26. The molecule has 0 N–H and O–H groups in total. The van der Waals surface area contributed by atoms with Crippen molar-refractivity contribution in [2.45, 2.75) is 63.3 Å². The molecule has 6 unspecified atom stereocenters. The highest BCUT2D eigenvalue weighted by Crippen LogP contribution is 2.27. The first-order chi connectivity index (χ1) is 26.2. The summed E-state index contributed by atoms with van der Waals surface area (Å²) in [6, 6.07) is 0. The van der Waals surface area contributed by atoms with E-state index in [1.807, 2.05) is 6.92 Å². The van der Waals surface area contributed by atoms with Gasteiger partial charge in [0.05, 0.1) is 99.1 Å². The Morgan fingerprint density at radius 3 is 0.852 bits per heavy atom. The smallest absolute Gasteiger partial charge is 0.430 e. The van der Waals surface area contributed by atoms with Gasteiger partial charge in [0.2, 0.25) is 0 Å². The van der Waals surface area contributed by atoms with Crippen molar-refractivity contribution in [3.05, 3.63) is 0 Å². The van der Waals surface area contributed by atoms with Gasteiger partial charge in [-0.25, -0.2) is 14.4 Å². The second kappa shape index (κ2) is 23.0. The molecule has 0 saturated carbocycles. The molecule has 6 saturated heterocycles. The van der Waals surface area contributed by atoms with Crippen LogP contribution in [0.5, 0.6) is 0 Å². The van der Waals surface area contributed by atoms with Crippen LogP contribution >= 0.6 is 0 Å². The predicted molar refractivity (Wildman–Crippen MR) is 173 cm³/mol. The summed E-state index contributed by atoms with van der Waals surface area (Å²) in [5.74, 6) is 0. The van der Waals surface area contributed by atoms with Crippen LogP contribution in [0, 0.1) is 10.8 Å². The maximum absolute atomic E-state index is 11.0. The minimum absolute atomic E-state index is 0.0985. The van der Waals surface area contributed by atoms with Crippen LogP contribution in [-0.2, 0) is 80.6 Å². The molecule has 6 aliphatic heterocycles. The molecule has 0 spiro atoms. The van der Waals surface area contributed by atoms with E-state index in [4.69, 9.17) is 80.6 Å². The Labute approximate surface area is 312 Å². The van der Waals surface area contributed by atoms with Crippen LogP contribution < -0.4 is 0 Å². The minimum atomic E-state index is -0.710. The third-order valence-electron chi connectivity index (χ3n) is 8.93. The van der Waals surface area contributed by atoms with Crippen LogP contribution in [0.3, 0.4) is 0 Å². The lowest BCUT2D eigenvalue weighted by atomic mass is 9.88. The maximum atomic E-state index is 11.0. The monoisotopic (exact) mass is 780 g/mol. The highest BCUT2D eigenvalue weighted by Gasteiger charge is 2.36. The second-order valence-corrected chi connectivity index (χ2v) is 13.6. The molecule has 6 heterocycles. The standard InChI is InChI=1S/C18H26O12.C15H26O6.CO2/c1-2-18(9-22-3-12-6-25-15(19)28-12,10-23-4-13-7-26-16(20)29-13)11-24-5-14-8-27-17(21)30-14;1-2-15(9-16-3-12-6-19-12,10-17-4-13-7-20-13)11-18-5-14-8-21-14;2-1-3/h12-14H,2-11H2,1H3;12-14H,2-11H2,1H3;. The predicted octanol–water partition coefficient (Wildman–Crippen LogP) is 1.08. The molecule has 0 amide bonds. The van der Waals surface area contributed by atoms with Crippen LogP contribution in [0.1, 0.15) is 26.7 Å². The van der Waals surface area contributed by atoms with Crippen molar-refractivity contribution >= 4 is 24.6 Å². The normalized spacial score (nSPS) is 28.1. The quantitative estimate of drug-likeness (QED) is 0.0679. The van der Waals surface area contributed by atoms with Crippen molar-refractivity contribution in [3.63, 3.8) is 0 Å². The molecule has 6 atom stereocenters.